The lowest BCUT2D eigenvalue weighted by atomic mass is 9.99. The molecule has 0 unspecified atom stereocenters. The molecule has 2 heterocycles. The first-order chi connectivity index (χ1) is 12.0. The van der Waals surface area contributed by atoms with Gasteiger partial charge in [0.25, 0.3) is 5.91 Å². The van der Waals surface area contributed by atoms with Gasteiger partial charge in [-0.25, -0.2) is 0 Å². The quantitative estimate of drug-likeness (QED) is 0.711. The molecule has 0 radical (unpaired) electrons. The van der Waals surface area contributed by atoms with E-state index in [9.17, 15) is 4.79 Å². The summed E-state index contributed by atoms with van der Waals surface area (Å²) < 4.78 is 0. The standard InChI is InChI=1S/C19H25Cl2N3O/c1-13-6-10-24(11-7-13)9-3-2-8-22-19(25)18-17(21)15-12-14(20)4-5-16(15)23-18/h4-5,12-13,23H,2-3,6-11H2,1H3,(H,22,25). The van der Waals surface area contributed by atoms with Gasteiger partial charge in [-0.1, -0.05) is 30.1 Å². The third-order valence-electron chi connectivity index (χ3n) is 4.99. The van der Waals surface area contributed by atoms with Crippen molar-refractivity contribution in [3.63, 3.8) is 0 Å². The maximum absolute atomic E-state index is 12.4. The number of aromatic amines is 1. The van der Waals surface area contributed by atoms with Crippen molar-refractivity contribution in [1.29, 1.82) is 0 Å². The molecule has 1 aromatic heterocycles. The molecule has 1 aliphatic heterocycles. The SMILES string of the molecule is CC1CCN(CCCCNC(=O)c2[nH]c3ccc(Cl)cc3c2Cl)CC1. The van der Waals surface area contributed by atoms with Crippen LogP contribution < -0.4 is 5.32 Å². The average molecular weight is 382 g/mol. The van der Waals surface area contributed by atoms with Gasteiger partial charge in [-0.2, -0.15) is 0 Å². The molecule has 0 atom stereocenters. The number of piperidine rings is 1. The number of carbonyl (C=O) groups is 1. The summed E-state index contributed by atoms with van der Waals surface area (Å²) in [5.74, 6) is 0.704. The number of H-pyrrole nitrogens is 1. The Bertz CT molecular complexity index is 736. The minimum absolute atomic E-state index is 0.163. The molecule has 25 heavy (non-hydrogen) atoms. The van der Waals surface area contributed by atoms with Gasteiger partial charge in [-0.3, -0.25) is 4.79 Å². The Kier molecular flexibility index (Phi) is 6.26. The number of benzene rings is 1. The van der Waals surface area contributed by atoms with Crippen LogP contribution in [0.5, 0.6) is 0 Å². The van der Waals surface area contributed by atoms with Gasteiger partial charge < -0.3 is 15.2 Å². The van der Waals surface area contributed by atoms with Crippen LogP contribution in [-0.4, -0.2) is 42.0 Å². The van der Waals surface area contributed by atoms with Crippen LogP contribution in [-0.2, 0) is 0 Å². The van der Waals surface area contributed by atoms with E-state index in [-0.39, 0.29) is 5.91 Å². The molecule has 1 aromatic carbocycles. The topological polar surface area (TPSA) is 48.1 Å². The molecule has 136 valence electrons. The van der Waals surface area contributed by atoms with E-state index in [1.165, 1.54) is 25.9 Å². The lowest BCUT2D eigenvalue weighted by Crippen LogP contribution is -2.34. The maximum atomic E-state index is 12.4. The minimum atomic E-state index is -0.163. The molecule has 1 fully saturated rings. The van der Waals surface area contributed by atoms with Gasteiger partial charge in [0.1, 0.15) is 5.69 Å². The Morgan fingerprint density at radius 3 is 2.80 bits per heavy atom. The fourth-order valence-electron chi connectivity index (χ4n) is 3.32. The molecule has 1 amide bonds. The summed E-state index contributed by atoms with van der Waals surface area (Å²) in [5, 5.41) is 4.76. The van der Waals surface area contributed by atoms with Crippen molar-refractivity contribution in [2.75, 3.05) is 26.2 Å². The van der Waals surface area contributed by atoms with Gasteiger partial charge >= 0.3 is 0 Å². The number of likely N-dealkylation sites (tertiary alicyclic amines) is 1. The summed E-state index contributed by atoms with van der Waals surface area (Å²) in [6.45, 7) is 6.53. The Hall–Kier alpha value is -1.23. The van der Waals surface area contributed by atoms with E-state index in [4.69, 9.17) is 23.2 Å². The number of rotatable bonds is 6. The minimum Gasteiger partial charge on any atom is -0.351 e. The average Bonchev–Trinajstić information content (AvgIpc) is 2.93. The Morgan fingerprint density at radius 2 is 2.04 bits per heavy atom. The van der Waals surface area contributed by atoms with Gasteiger partial charge in [0.05, 0.1) is 5.02 Å². The molecular formula is C19H25Cl2N3O. The van der Waals surface area contributed by atoms with Crippen LogP contribution in [0.15, 0.2) is 18.2 Å². The van der Waals surface area contributed by atoms with Gasteiger partial charge in [0.2, 0.25) is 0 Å². The van der Waals surface area contributed by atoms with Crippen molar-refractivity contribution in [2.24, 2.45) is 5.92 Å². The molecule has 2 aromatic rings. The number of amides is 1. The second-order valence-corrected chi connectivity index (χ2v) is 7.81. The van der Waals surface area contributed by atoms with Crippen molar-refractivity contribution in [1.82, 2.24) is 15.2 Å². The first kappa shape index (κ1) is 18.6. The van der Waals surface area contributed by atoms with Crippen LogP contribution in [0.3, 0.4) is 0 Å². The van der Waals surface area contributed by atoms with Gasteiger partial charge in [-0.15, -0.1) is 0 Å². The molecule has 0 saturated carbocycles. The van der Waals surface area contributed by atoms with Crippen molar-refractivity contribution >= 4 is 40.0 Å². The highest BCUT2D eigenvalue weighted by molar-refractivity contribution is 6.39. The van der Waals surface area contributed by atoms with Gasteiger partial charge in [-0.05, 0) is 69.4 Å². The highest BCUT2D eigenvalue weighted by Gasteiger charge is 2.17. The highest BCUT2D eigenvalue weighted by atomic mass is 35.5. The Balaban J connectivity index is 1.44. The lowest BCUT2D eigenvalue weighted by molar-refractivity contribution is 0.0948. The molecule has 2 N–H and O–H groups in total. The molecule has 0 bridgehead atoms. The predicted molar refractivity (Wildman–Crippen MR) is 105 cm³/mol. The van der Waals surface area contributed by atoms with E-state index in [1.807, 2.05) is 6.07 Å². The molecule has 4 nitrogen and oxygen atoms in total. The summed E-state index contributed by atoms with van der Waals surface area (Å²) in [4.78, 5) is 18.0. The van der Waals surface area contributed by atoms with Crippen molar-refractivity contribution in [2.45, 2.75) is 32.6 Å². The summed E-state index contributed by atoms with van der Waals surface area (Å²) in [6, 6.07) is 5.38. The van der Waals surface area contributed by atoms with Crippen molar-refractivity contribution in [3.05, 3.63) is 33.9 Å². The molecule has 3 rings (SSSR count). The zero-order valence-electron chi connectivity index (χ0n) is 14.6. The first-order valence-corrected chi connectivity index (χ1v) is 9.77. The lowest BCUT2D eigenvalue weighted by Gasteiger charge is -2.30. The van der Waals surface area contributed by atoms with E-state index >= 15 is 0 Å². The zero-order valence-corrected chi connectivity index (χ0v) is 16.1. The zero-order chi connectivity index (χ0) is 17.8. The highest BCUT2D eigenvalue weighted by Crippen LogP contribution is 2.29. The summed E-state index contributed by atoms with van der Waals surface area (Å²) in [7, 11) is 0. The number of hydrogen-bond acceptors (Lipinski definition) is 2. The van der Waals surface area contributed by atoms with Crippen LogP contribution in [0.25, 0.3) is 10.9 Å². The van der Waals surface area contributed by atoms with Crippen molar-refractivity contribution in [3.8, 4) is 0 Å². The van der Waals surface area contributed by atoms with Crippen molar-refractivity contribution < 1.29 is 4.79 Å². The van der Waals surface area contributed by atoms with Gasteiger partial charge in [0.15, 0.2) is 0 Å². The number of fused-ring (bicyclic) bond motifs is 1. The summed E-state index contributed by atoms with van der Waals surface area (Å²) in [5.41, 5.74) is 1.22. The molecule has 6 heteroatoms. The number of hydrogen-bond donors (Lipinski definition) is 2. The number of halogens is 2. The first-order valence-electron chi connectivity index (χ1n) is 9.02. The second-order valence-electron chi connectivity index (χ2n) is 6.99. The fourth-order valence-corrected chi connectivity index (χ4v) is 3.79. The van der Waals surface area contributed by atoms with E-state index < -0.39 is 0 Å². The number of nitrogens with zero attached hydrogens (tertiary/aromatic N) is 1. The normalized spacial score (nSPS) is 16.4. The molecule has 0 aliphatic carbocycles. The van der Waals surface area contributed by atoms with Gasteiger partial charge in [0, 0.05) is 22.5 Å². The smallest absolute Gasteiger partial charge is 0.269 e. The van der Waals surface area contributed by atoms with Crippen LogP contribution >= 0.6 is 23.2 Å². The molecule has 0 spiro atoms. The number of aromatic nitrogens is 1. The van der Waals surface area contributed by atoms with E-state index in [2.05, 4.69) is 22.1 Å². The van der Waals surface area contributed by atoms with Crippen LogP contribution in [0, 0.1) is 5.92 Å². The molecule has 1 aliphatic rings. The van der Waals surface area contributed by atoms with Crippen LogP contribution in [0.1, 0.15) is 43.1 Å². The number of carbonyl (C=O) groups excluding carboxylic acids is 1. The predicted octanol–water partition coefficient (Wildman–Crippen LogP) is 4.72. The number of unbranched alkanes of at least 4 members (excludes halogenated alkanes) is 1. The largest absolute Gasteiger partial charge is 0.351 e. The third-order valence-corrected chi connectivity index (χ3v) is 5.61. The molecule has 1 saturated heterocycles. The Morgan fingerprint density at radius 1 is 1.28 bits per heavy atom. The fraction of sp³-hybridized carbons (Fsp3) is 0.526. The number of nitrogens with one attached hydrogen (secondary N) is 2. The van der Waals surface area contributed by atoms with Crippen LogP contribution in [0.4, 0.5) is 0 Å². The third kappa shape index (κ3) is 4.69. The summed E-state index contributed by atoms with van der Waals surface area (Å²) in [6.07, 6.45) is 4.69. The second kappa shape index (κ2) is 8.43. The summed E-state index contributed by atoms with van der Waals surface area (Å²) >= 11 is 12.3. The Labute approximate surface area is 158 Å². The van der Waals surface area contributed by atoms with E-state index in [0.29, 0.717) is 22.3 Å². The van der Waals surface area contributed by atoms with E-state index in [0.717, 1.165) is 36.2 Å². The molecular weight excluding hydrogens is 357 g/mol. The maximum Gasteiger partial charge on any atom is 0.269 e. The van der Waals surface area contributed by atoms with E-state index in [1.54, 1.807) is 12.1 Å². The monoisotopic (exact) mass is 381 g/mol. The van der Waals surface area contributed by atoms with Crippen LogP contribution in [0.2, 0.25) is 10.0 Å².